The minimum atomic E-state index is -0.336. The summed E-state index contributed by atoms with van der Waals surface area (Å²) in [6, 6.07) is 84.2. The summed E-state index contributed by atoms with van der Waals surface area (Å²) in [5.74, 6) is 0.675. The molecule has 3 nitrogen and oxygen atoms in total. The fourth-order valence-corrected chi connectivity index (χ4v) is 10.4. The van der Waals surface area contributed by atoms with Gasteiger partial charge in [-0.15, -0.1) is 0 Å². The van der Waals surface area contributed by atoms with Gasteiger partial charge in [0.1, 0.15) is 11.5 Å². The number of hydrogen-bond donors (Lipinski definition) is 0. The van der Waals surface area contributed by atoms with Gasteiger partial charge in [-0.2, -0.15) is 0 Å². The fourth-order valence-electron chi connectivity index (χ4n) is 10.4. The summed E-state index contributed by atoms with van der Waals surface area (Å²) in [7, 11) is 0. The molecular formula is C66H42F2N2O. The van der Waals surface area contributed by atoms with Crippen LogP contribution in [0.1, 0.15) is 0 Å². The lowest BCUT2D eigenvalue weighted by Gasteiger charge is -2.31. The summed E-state index contributed by atoms with van der Waals surface area (Å²) in [5, 5.41) is 5.74. The van der Waals surface area contributed by atoms with E-state index in [1.54, 1.807) is 0 Å². The lowest BCUT2D eigenvalue weighted by Crippen LogP contribution is -2.14. The molecule has 0 aliphatic carbocycles. The Bertz CT molecular complexity index is 3960. The Kier molecular flexibility index (Phi) is 10.2. The zero-order valence-corrected chi connectivity index (χ0v) is 38.3. The topological polar surface area (TPSA) is 15.7 Å². The van der Waals surface area contributed by atoms with Crippen LogP contribution in [0.5, 0.6) is 11.5 Å². The van der Waals surface area contributed by atoms with Gasteiger partial charge >= 0.3 is 0 Å². The number of anilines is 6. The van der Waals surface area contributed by atoms with Crippen LogP contribution in [0.3, 0.4) is 0 Å². The van der Waals surface area contributed by atoms with Crippen LogP contribution in [0, 0.1) is 11.6 Å². The van der Waals surface area contributed by atoms with E-state index in [1.807, 2.05) is 205 Å². The van der Waals surface area contributed by atoms with Crippen molar-refractivity contribution in [1.82, 2.24) is 0 Å². The average molecular weight is 917 g/mol. The first kappa shape index (κ1) is 41.8. The van der Waals surface area contributed by atoms with Crippen LogP contribution in [0.15, 0.2) is 255 Å². The van der Waals surface area contributed by atoms with E-state index in [9.17, 15) is 0 Å². The zero-order valence-electron chi connectivity index (χ0n) is 38.3. The van der Waals surface area contributed by atoms with Gasteiger partial charge in [0, 0.05) is 50.1 Å². The first-order valence-corrected chi connectivity index (χ1v) is 23.8. The van der Waals surface area contributed by atoms with Crippen molar-refractivity contribution in [3.05, 3.63) is 266 Å². The maximum absolute atomic E-state index is 17.8. The molecule has 0 saturated carbocycles. The Hall–Kier alpha value is -9.32. The van der Waals surface area contributed by atoms with Crippen molar-refractivity contribution in [3.8, 4) is 56.0 Å². The summed E-state index contributed by atoms with van der Waals surface area (Å²) in [5.41, 5.74) is 10.3. The van der Waals surface area contributed by atoms with E-state index in [1.165, 1.54) is 0 Å². The Morgan fingerprint density at radius 2 is 0.732 bits per heavy atom. The number of para-hydroxylation sites is 2. The smallest absolute Gasteiger partial charge is 0.155 e. The molecule has 5 heteroatoms. The predicted molar refractivity (Wildman–Crippen MR) is 290 cm³/mol. The van der Waals surface area contributed by atoms with Crippen LogP contribution in [-0.2, 0) is 0 Å². The molecule has 0 spiro atoms. The van der Waals surface area contributed by atoms with E-state index < -0.39 is 0 Å². The second-order valence-electron chi connectivity index (χ2n) is 17.9. The quantitative estimate of drug-likeness (QED) is 0.127. The highest BCUT2D eigenvalue weighted by atomic mass is 19.1. The molecule has 0 unspecified atom stereocenters. The van der Waals surface area contributed by atoms with Crippen molar-refractivity contribution in [1.29, 1.82) is 0 Å². The summed E-state index contributed by atoms with van der Waals surface area (Å²) >= 11 is 0. The minimum Gasteiger partial charge on any atom is -0.456 e. The Morgan fingerprint density at radius 3 is 1.25 bits per heavy atom. The van der Waals surface area contributed by atoms with Crippen LogP contribution in [0.2, 0.25) is 0 Å². The van der Waals surface area contributed by atoms with Gasteiger partial charge in [0.2, 0.25) is 0 Å². The maximum atomic E-state index is 17.8. The van der Waals surface area contributed by atoms with E-state index in [0.717, 1.165) is 88.4 Å². The number of hydrogen-bond acceptors (Lipinski definition) is 3. The molecule has 0 N–H and O–H groups in total. The first-order valence-electron chi connectivity index (χ1n) is 23.8. The second-order valence-corrected chi connectivity index (χ2v) is 17.9. The summed E-state index contributed by atoms with van der Waals surface area (Å²) < 4.78 is 42.5. The van der Waals surface area contributed by atoms with Gasteiger partial charge in [-0.05, 0) is 111 Å². The van der Waals surface area contributed by atoms with Crippen LogP contribution in [0.25, 0.3) is 76.8 Å². The molecule has 0 radical (unpaired) electrons. The van der Waals surface area contributed by atoms with Crippen LogP contribution < -0.4 is 14.5 Å². The van der Waals surface area contributed by atoms with Gasteiger partial charge in [-0.25, -0.2) is 8.78 Å². The monoisotopic (exact) mass is 916 g/mol. The Balaban J connectivity index is 1.04. The van der Waals surface area contributed by atoms with E-state index in [2.05, 4.69) is 59.5 Å². The molecule has 0 saturated heterocycles. The lowest BCUT2D eigenvalue weighted by molar-refractivity contribution is 0.493. The van der Waals surface area contributed by atoms with Gasteiger partial charge < -0.3 is 14.5 Å². The van der Waals surface area contributed by atoms with Crippen LogP contribution in [0.4, 0.5) is 42.9 Å². The van der Waals surface area contributed by atoms with E-state index in [0.29, 0.717) is 34.0 Å². The van der Waals surface area contributed by atoms with Gasteiger partial charge in [-0.3, -0.25) is 0 Å². The normalized spacial score (nSPS) is 11.6. The molecule has 0 bridgehead atoms. The third-order valence-corrected chi connectivity index (χ3v) is 13.7. The Morgan fingerprint density at radius 1 is 0.282 bits per heavy atom. The van der Waals surface area contributed by atoms with Crippen molar-refractivity contribution >= 4 is 66.4 Å². The van der Waals surface area contributed by atoms with Crippen LogP contribution in [-0.4, -0.2) is 0 Å². The molecule has 1 aliphatic rings. The molecule has 0 atom stereocenters. The molecular weight excluding hydrogens is 875 g/mol. The highest BCUT2D eigenvalue weighted by molar-refractivity contribution is 6.28. The molecule has 1 heterocycles. The predicted octanol–water partition coefficient (Wildman–Crippen LogP) is 19.1. The first-order chi connectivity index (χ1) is 35.1. The largest absolute Gasteiger partial charge is 0.456 e. The van der Waals surface area contributed by atoms with Crippen molar-refractivity contribution in [3.63, 3.8) is 0 Å². The molecule has 1 aliphatic heterocycles. The molecule has 0 fully saturated rings. The van der Waals surface area contributed by atoms with Crippen LogP contribution >= 0.6 is 0 Å². The lowest BCUT2D eigenvalue weighted by atomic mass is 9.91. The van der Waals surface area contributed by atoms with Gasteiger partial charge in [0.25, 0.3) is 0 Å². The van der Waals surface area contributed by atoms with Gasteiger partial charge in [0.15, 0.2) is 11.6 Å². The number of ether oxygens (including phenoxy) is 1. The van der Waals surface area contributed by atoms with Crippen molar-refractivity contribution in [2.75, 3.05) is 9.80 Å². The van der Waals surface area contributed by atoms with Crippen molar-refractivity contribution in [2.24, 2.45) is 0 Å². The highest BCUT2D eigenvalue weighted by Gasteiger charge is 2.29. The maximum Gasteiger partial charge on any atom is 0.155 e. The summed E-state index contributed by atoms with van der Waals surface area (Å²) in [6.45, 7) is 0. The van der Waals surface area contributed by atoms with E-state index in [4.69, 9.17) is 4.74 Å². The third kappa shape index (κ3) is 7.26. The van der Waals surface area contributed by atoms with Crippen molar-refractivity contribution in [2.45, 2.75) is 0 Å². The number of benzene rings is 12. The zero-order chi connectivity index (χ0) is 47.4. The summed E-state index contributed by atoms with van der Waals surface area (Å²) in [6.07, 6.45) is 0. The second kappa shape index (κ2) is 17.3. The van der Waals surface area contributed by atoms with Gasteiger partial charge in [0.05, 0.1) is 22.7 Å². The number of rotatable bonds is 10. The molecule has 12 aromatic rings. The molecule has 13 rings (SSSR count). The minimum absolute atomic E-state index is 0.328. The SMILES string of the molecule is Fc1c(-c2ccccc2)cc(-c2ccccc2)cc1N(c1ccccc1)c1cc2c3c(ccc4cc(N(c5ccccc5)c5cc(-c6ccccc6)cc(-c6ccccc6)c5F)c5cccc(c5c43)O2)c1. The number of halogens is 2. The molecule has 12 aromatic carbocycles. The standard InChI is InChI=1S/C66H42F2N2O/c67-65-55(45-24-11-3-12-25-45)37-49(43-20-7-1-8-21-43)40-58(65)69(51-28-15-5-16-29-51)53-36-47-34-35-48-39-57(54-32-19-33-60-64(54)63(48)62(47)61(42-53)71-60)70(52-30-17-6-18-31-52)59-41-50(44-22-9-2-10-23-44)38-56(66(59)68)46-26-13-4-14-27-46/h1-42H. The van der Waals surface area contributed by atoms with Gasteiger partial charge in [-0.1, -0.05) is 182 Å². The average Bonchev–Trinajstić information content (AvgIpc) is 3.43. The fraction of sp³-hybridized carbons (Fsp3) is 0. The summed E-state index contributed by atoms with van der Waals surface area (Å²) in [4.78, 5) is 4.05. The van der Waals surface area contributed by atoms with E-state index in [-0.39, 0.29) is 11.6 Å². The Labute approximate surface area is 410 Å². The highest BCUT2D eigenvalue weighted by Crippen LogP contribution is 2.54. The molecule has 0 aromatic heterocycles. The molecule has 71 heavy (non-hydrogen) atoms. The van der Waals surface area contributed by atoms with E-state index >= 15 is 8.78 Å². The van der Waals surface area contributed by atoms with Crippen molar-refractivity contribution < 1.29 is 13.5 Å². The molecule has 336 valence electrons. The molecule has 0 amide bonds. The third-order valence-electron chi connectivity index (χ3n) is 13.7. The number of nitrogens with zero attached hydrogens (tertiary/aromatic N) is 2.